The minimum Gasteiger partial charge on any atom is -0.394 e. The van der Waals surface area contributed by atoms with Gasteiger partial charge >= 0.3 is 0 Å². The van der Waals surface area contributed by atoms with Gasteiger partial charge in [0, 0.05) is 6.92 Å². The van der Waals surface area contributed by atoms with E-state index >= 15 is 0 Å². The molecule has 1 rings (SSSR count). The molecule has 1 amide bonds. The first-order valence-electron chi connectivity index (χ1n) is 4.37. The summed E-state index contributed by atoms with van der Waals surface area (Å²) < 4.78 is 12.8. The summed E-state index contributed by atoms with van der Waals surface area (Å²) >= 11 is 5.58. The maximum Gasteiger partial charge on any atom is 0.217 e. The molecule has 1 aromatic carbocycles. The Balaban J connectivity index is 2.92. The lowest BCUT2D eigenvalue weighted by Crippen LogP contribution is -2.28. The Morgan fingerprint density at radius 3 is 2.80 bits per heavy atom. The molecule has 1 aromatic rings. The van der Waals surface area contributed by atoms with E-state index in [1.54, 1.807) is 0 Å². The average molecular weight is 232 g/mol. The fraction of sp³-hybridized carbons (Fsp3) is 0.300. The maximum absolute atomic E-state index is 12.8. The molecule has 5 heteroatoms. The van der Waals surface area contributed by atoms with Crippen LogP contribution in [-0.4, -0.2) is 17.6 Å². The van der Waals surface area contributed by atoms with Gasteiger partial charge in [-0.1, -0.05) is 17.7 Å². The molecular weight excluding hydrogens is 221 g/mol. The highest BCUT2D eigenvalue weighted by Gasteiger charge is 2.12. The zero-order valence-electron chi connectivity index (χ0n) is 8.13. The van der Waals surface area contributed by atoms with Crippen LogP contribution in [0.5, 0.6) is 0 Å². The molecule has 0 aliphatic carbocycles. The van der Waals surface area contributed by atoms with E-state index < -0.39 is 11.9 Å². The van der Waals surface area contributed by atoms with Crippen molar-refractivity contribution in [1.82, 2.24) is 5.32 Å². The summed E-state index contributed by atoms with van der Waals surface area (Å²) in [6.45, 7) is 1.08. The van der Waals surface area contributed by atoms with Crippen LogP contribution in [0.1, 0.15) is 18.5 Å². The van der Waals surface area contributed by atoms with Crippen molar-refractivity contribution in [3.63, 3.8) is 0 Å². The fourth-order valence-corrected chi connectivity index (χ4v) is 1.40. The standard InChI is InChI=1S/C10H11ClFNO2/c1-6(15)13-10(5-14)7-2-3-9(12)8(11)4-7/h2-4,10,14H,5H2,1H3,(H,13,15)/t10-/m0/s1. The number of carbonyl (C=O) groups is 1. The van der Waals surface area contributed by atoms with Gasteiger partial charge < -0.3 is 10.4 Å². The molecule has 0 aliphatic heterocycles. The van der Waals surface area contributed by atoms with Crippen molar-refractivity contribution in [3.8, 4) is 0 Å². The molecule has 0 spiro atoms. The Hall–Kier alpha value is -1.13. The fourth-order valence-electron chi connectivity index (χ4n) is 1.21. The molecule has 2 N–H and O–H groups in total. The number of rotatable bonds is 3. The van der Waals surface area contributed by atoms with Crippen LogP contribution in [-0.2, 0) is 4.79 Å². The van der Waals surface area contributed by atoms with Crippen molar-refractivity contribution in [2.45, 2.75) is 13.0 Å². The molecule has 0 heterocycles. The normalized spacial score (nSPS) is 12.3. The van der Waals surface area contributed by atoms with Gasteiger partial charge in [-0.25, -0.2) is 4.39 Å². The number of aliphatic hydroxyl groups excluding tert-OH is 1. The first-order valence-corrected chi connectivity index (χ1v) is 4.75. The SMILES string of the molecule is CC(=O)N[C@@H](CO)c1ccc(F)c(Cl)c1. The second-order valence-electron chi connectivity index (χ2n) is 3.11. The van der Waals surface area contributed by atoms with Crippen molar-refractivity contribution in [2.24, 2.45) is 0 Å². The smallest absolute Gasteiger partial charge is 0.217 e. The van der Waals surface area contributed by atoms with Crippen LogP contribution in [0.2, 0.25) is 5.02 Å². The van der Waals surface area contributed by atoms with Crippen molar-refractivity contribution in [2.75, 3.05) is 6.61 Å². The lowest BCUT2D eigenvalue weighted by Gasteiger charge is -2.15. The molecule has 1 atom stereocenters. The summed E-state index contributed by atoms with van der Waals surface area (Å²) in [6.07, 6.45) is 0. The van der Waals surface area contributed by atoms with Gasteiger partial charge in [0.2, 0.25) is 5.91 Å². The summed E-state index contributed by atoms with van der Waals surface area (Å²) in [7, 11) is 0. The van der Waals surface area contributed by atoms with Crippen LogP contribution < -0.4 is 5.32 Å². The number of nitrogens with one attached hydrogen (secondary N) is 1. The van der Waals surface area contributed by atoms with E-state index in [1.807, 2.05) is 0 Å². The minimum absolute atomic E-state index is 0.0312. The van der Waals surface area contributed by atoms with E-state index in [9.17, 15) is 9.18 Å². The van der Waals surface area contributed by atoms with Crippen LogP contribution in [0, 0.1) is 5.82 Å². The van der Waals surface area contributed by atoms with E-state index in [0.717, 1.165) is 0 Å². The summed E-state index contributed by atoms with van der Waals surface area (Å²) in [6, 6.07) is 3.49. The van der Waals surface area contributed by atoms with Crippen molar-refractivity contribution >= 4 is 17.5 Å². The van der Waals surface area contributed by atoms with Gasteiger partial charge in [0.1, 0.15) is 5.82 Å². The zero-order chi connectivity index (χ0) is 11.4. The van der Waals surface area contributed by atoms with Gasteiger partial charge in [-0.15, -0.1) is 0 Å². The molecule has 15 heavy (non-hydrogen) atoms. The quantitative estimate of drug-likeness (QED) is 0.831. The van der Waals surface area contributed by atoms with E-state index in [2.05, 4.69) is 5.32 Å². The Bertz CT molecular complexity index is 370. The second-order valence-corrected chi connectivity index (χ2v) is 3.52. The topological polar surface area (TPSA) is 49.3 Å². The first kappa shape index (κ1) is 11.9. The molecule has 0 unspecified atom stereocenters. The van der Waals surface area contributed by atoms with Crippen molar-refractivity contribution < 1.29 is 14.3 Å². The maximum atomic E-state index is 12.8. The van der Waals surface area contributed by atoms with Crippen molar-refractivity contribution in [3.05, 3.63) is 34.6 Å². The monoisotopic (exact) mass is 231 g/mol. The number of halogens is 2. The summed E-state index contributed by atoms with van der Waals surface area (Å²) in [5, 5.41) is 11.5. The molecule has 0 aliphatic rings. The third kappa shape index (κ3) is 3.18. The molecule has 3 nitrogen and oxygen atoms in total. The second kappa shape index (κ2) is 5.09. The largest absolute Gasteiger partial charge is 0.394 e. The third-order valence-electron chi connectivity index (χ3n) is 1.91. The van der Waals surface area contributed by atoms with Crippen LogP contribution in [0.25, 0.3) is 0 Å². The number of benzene rings is 1. The molecule has 0 fully saturated rings. The lowest BCUT2D eigenvalue weighted by atomic mass is 10.1. The van der Waals surface area contributed by atoms with Gasteiger partial charge in [0.05, 0.1) is 17.7 Å². The highest BCUT2D eigenvalue weighted by molar-refractivity contribution is 6.30. The summed E-state index contributed by atoms with van der Waals surface area (Å²) in [5.41, 5.74) is 0.569. The molecule has 0 saturated heterocycles. The van der Waals surface area contributed by atoms with E-state index in [-0.39, 0.29) is 17.5 Å². The van der Waals surface area contributed by atoms with Crippen LogP contribution >= 0.6 is 11.6 Å². The number of hydrogen-bond acceptors (Lipinski definition) is 2. The average Bonchev–Trinajstić information content (AvgIpc) is 2.18. The molecular formula is C10H11ClFNO2. The van der Waals surface area contributed by atoms with E-state index in [1.165, 1.54) is 25.1 Å². The van der Waals surface area contributed by atoms with Gasteiger partial charge in [-0.05, 0) is 17.7 Å². The van der Waals surface area contributed by atoms with Gasteiger partial charge in [0.15, 0.2) is 0 Å². The third-order valence-corrected chi connectivity index (χ3v) is 2.20. The molecule has 82 valence electrons. The summed E-state index contributed by atoms with van der Waals surface area (Å²) in [5.74, 6) is -0.797. The van der Waals surface area contributed by atoms with Crippen LogP contribution in [0.4, 0.5) is 4.39 Å². The summed E-state index contributed by atoms with van der Waals surface area (Å²) in [4.78, 5) is 10.8. The predicted molar refractivity (Wildman–Crippen MR) is 55.1 cm³/mol. The Kier molecular flexibility index (Phi) is 4.05. The van der Waals surface area contributed by atoms with Gasteiger partial charge in [-0.2, -0.15) is 0 Å². The van der Waals surface area contributed by atoms with Gasteiger partial charge in [0.25, 0.3) is 0 Å². The number of carbonyl (C=O) groups excluding carboxylic acids is 1. The molecule has 0 aromatic heterocycles. The lowest BCUT2D eigenvalue weighted by molar-refractivity contribution is -0.120. The molecule has 0 saturated carbocycles. The predicted octanol–water partition coefficient (Wildman–Crippen LogP) is 1.65. The van der Waals surface area contributed by atoms with E-state index in [4.69, 9.17) is 16.7 Å². The first-order chi connectivity index (χ1) is 7.04. The molecule has 0 bridgehead atoms. The highest BCUT2D eigenvalue weighted by atomic mass is 35.5. The van der Waals surface area contributed by atoms with Crippen molar-refractivity contribution in [1.29, 1.82) is 0 Å². The van der Waals surface area contributed by atoms with Gasteiger partial charge in [-0.3, -0.25) is 4.79 Å². The number of hydrogen-bond donors (Lipinski definition) is 2. The number of amides is 1. The van der Waals surface area contributed by atoms with Crippen LogP contribution in [0.15, 0.2) is 18.2 Å². The minimum atomic E-state index is -0.555. The Labute approximate surface area is 91.9 Å². The van der Waals surface area contributed by atoms with E-state index in [0.29, 0.717) is 5.56 Å². The zero-order valence-corrected chi connectivity index (χ0v) is 8.88. The Morgan fingerprint density at radius 2 is 2.33 bits per heavy atom. The number of aliphatic hydroxyl groups is 1. The highest BCUT2D eigenvalue weighted by Crippen LogP contribution is 2.20. The van der Waals surface area contributed by atoms with Crippen LogP contribution in [0.3, 0.4) is 0 Å². The molecule has 0 radical (unpaired) electrons. The Morgan fingerprint density at radius 1 is 1.67 bits per heavy atom.